The SMILES string of the molecule is O=C(O)CCC(NC(=O)CCN1C(=O)C2Cc3ccccc3CN2C1=O)C(=O)O. The Kier molecular flexibility index (Phi) is 5.81. The molecule has 10 nitrogen and oxygen atoms in total. The van der Waals surface area contributed by atoms with Gasteiger partial charge in [-0.05, 0) is 17.5 Å². The lowest BCUT2D eigenvalue weighted by Gasteiger charge is -2.28. The second-order valence-electron chi connectivity index (χ2n) is 7.03. The number of hydrogen-bond acceptors (Lipinski definition) is 5. The van der Waals surface area contributed by atoms with Crippen LogP contribution < -0.4 is 5.32 Å². The molecule has 29 heavy (non-hydrogen) atoms. The van der Waals surface area contributed by atoms with Crippen molar-refractivity contribution in [3.8, 4) is 0 Å². The van der Waals surface area contributed by atoms with Crippen molar-refractivity contribution < 1.29 is 34.2 Å². The molecule has 1 aromatic rings. The number of aliphatic carboxylic acids is 2. The minimum absolute atomic E-state index is 0.169. The molecular formula is C19H21N3O7. The molecule has 0 aliphatic carbocycles. The molecule has 1 fully saturated rings. The van der Waals surface area contributed by atoms with Crippen LogP contribution in [0, 0.1) is 0 Å². The van der Waals surface area contributed by atoms with Gasteiger partial charge in [-0.25, -0.2) is 9.59 Å². The number of amides is 4. The zero-order valence-corrected chi connectivity index (χ0v) is 15.5. The second kappa shape index (κ2) is 8.29. The first-order valence-corrected chi connectivity index (χ1v) is 9.20. The summed E-state index contributed by atoms with van der Waals surface area (Å²) < 4.78 is 0. The number of imide groups is 1. The molecule has 0 radical (unpaired) electrons. The Labute approximate surface area is 166 Å². The summed E-state index contributed by atoms with van der Waals surface area (Å²) in [5, 5.41) is 20.0. The molecule has 0 aromatic heterocycles. The van der Waals surface area contributed by atoms with Crippen LogP contribution in [0.15, 0.2) is 24.3 Å². The van der Waals surface area contributed by atoms with Crippen LogP contribution in [0.2, 0.25) is 0 Å². The van der Waals surface area contributed by atoms with Crippen molar-refractivity contribution in [1.82, 2.24) is 15.1 Å². The molecule has 10 heteroatoms. The first kappa shape index (κ1) is 20.3. The zero-order chi connectivity index (χ0) is 21.1. The van der Waals surface area contributed by atoms with Gasteiger partial charge in [0, 0.05) is 32.4 Å². The van der Waals surface area contributed by atoms with Gasteiger partial charge in [-0.1, -0.05) is 24.3 Å². The molecule has 4 amide bonds. The van der Waals surface area contributed by atoms with E-state index in [1.54, 1.807) is 0 Å². The van der Waals surface area contributed by atoms with Crippen molar-refractivity contribution >= 4 is 29.8 Å². The zero-order valence-electron chi connectivity index (χ0n) is 15.5. The van der Waals surface area contributed by atoms with E-state index in [4.69, 9.17) is 10.2 Å². The Morgan fingerprint density at radius 3 is 2.45 bits per heavy atom. The van der Waals surface area contributed by atoms with Crippen LogP contribution in [0.25, 0.3) is 0 Å². The number of urea groups is 1. The van der Waals surface area contributed by atoms with Gasteiger partial charge in [-0.15, -0.1) is 0 Å². The maximum Gasteiger partial charge on any atom is 0.327 e. The molecule has 2 atom stereocenters. The third kappa shape index (κ3) is 4.36. The van der Waals surface area contributed by atoms with E-state index in [0.717, 1.165) is 16.0 Å². The highest BCUT2D eigenvalue weighted by molar-refractivity contribution is 6.05. The Hall–Kier alpha value is -3.43. The number of nitrogens with zero attached hydrogens (tertiary/aromatic N) is 2. The van der Waals surface area contributed by atoms with Crippen LogP contribution in [-0.4, -0.2) is 68.4 Å². The van der Waals surface area contributed by atoms with Gasteiger partial charge in [0.25, 0.3) is 5.91 Å². The summed E-state index contributed by atoms with van der Waals surface area (Å²) in [6.45, 7) is 0.155. The van der Waals surface area contributed by atoms with E-state index < -0.39 is 42.4 Å². The van der Waals surface area contributed by atoms with Gasteiger partial charge in [-0.3, -0.25) is 19.3 Å². The summed E-state index contributed by atoms with van der Waals surface area (Å²) in [5.74, 6) is -3.56. The number of carbonyl (C=O) groups is 5. The van der Waals surface area contributed by atoms with Crippen LogP contribution in [0.5, 0.6) is 0 Å². The number of carboxylic acids is 2. The number of rotatable bonds is 8. The van der Waals surface area contributed by atoms with E-state index in [-0.39, 0.29) is 25.3 Å². The molecule has 2 heterocycles. The maximum absolute atomic E-state index is 12.7. The number of carboxylic acid groups (broad SMARTS) is 2. The fourth-order valence-electron chi connectivity index (χ4n) is 3.58. The molecule has 0 spiro atoms. The Bertz CT molecular complexity index is 826. The molecule has 2 aliphatic rings. The van der Waals surface area contributed by atoms with Crippen molar-refractivity contribution in [3.63, 3.8) is 0 Å². The molecule has 0 bridgehead atoms. The van der Waals surface area contributed by atoms with Gasteiger partial charge < -0.3 is 20.4 Å². The van der Waals surface area contributed by atoms with E-state index in [2.05, 4.69) is 5.32 Å². The monoisotopic (exact) mass is 403 g/mol. The maximum atomic E-state index is 12.7. The van der Waals surface area contributed by atoms with Gasteiger partial charge in [0.05, 0.1) is 0 Å². The highest BCUT2D eigenvalue weighted by Crippen LogP contribution is 2.29. The van der Waals surface area contributed by atoms with Gasteiger partial charge in [0.1, 0.15) is 12.1 Å². The van der Waals surface area contributed by atoms with Crippen LogP contribution in [0.1, 0.15) is 30.4 Å². The van der Waals surface area contributed by atoms with E-state index in [9.17, 15) is 24.0 Å². The summed E-state index contributed by atoms with van der Waals surface area (Å²) >= 11 is 0. The van der Waals surface area contributed by atoms with E-state index in [0.29, 0.717) is 13.0 Å². The molecule has 1 aromatic carbocycles. The third-order valence-corrected chi connectivity index (χ3v) is 5.12. The largest absolute Gasteiger partial charge is 0.481 e. The van der Waals surface area contributed by atoms with Crippen molar-refractivity contribution in [2.24, 2.45) is 0 Å². The van der Waals surface area contributed by atoms with Crippen molar-refractivity contribution in [2.75, 3.05) is 6.54 Å². The molecule has 2 aliphatic heterocycles. The summed E-state index contributed by atoms with van der Waals surface area (Å²) in [5.41, 5.74) is 1.99. The summed E-state index contributed by atoms with van der Waals surface area (Å²) in [4.78, 5) is 61.6. The molecule has 3 N–H and O–H groups in total. The lowest BCUT2D eigenvalue weighted by atomic mass is 9.95. The van der Waals surface area contributed by atoms with E-state index in [1.165, 1.54) is 4.90 Å². The lowest BCUT2D eigenvalue weighted by Crippen LogP contribution is -2.43. The van der Waals surface area contributed by atoms with Crippen molar-refractivity contribution in [3.05, 3.63) is 35.4 Å². The predicted octanol–water partition coefficient (Wildman–Crippen LogP) is 0.200. The highest BCUT2D eigenvalue weighted by atomic mass is 16.4. The number of hydrogen-bond donors (Lipinski definition) is 3. The van der Waals surface area contributed by atoms with E-state index in [1.807, 2.05) is 24.3 Å². The summed E-state index contributed by atoms with van der Waals surface area (Å²) in [6, 6.07) is 5.16. The fourth-order valence-corrected chi connectivity index (χ4v) is 3.58. The first-order valence-electron chi connectivity index (χ1n) is 9.20. The molecule has 1 saturated heterocycles. The molecular weight excluding hydrogens is 382 g/mol. The first-order chi connectivity index (χ1) is 13.8. The summed E-state index contributed by atoms with van der Waals surface area (Å²) in [6.07, 6.45) is -0.509. The van der Waals surface area contributed by atoms with Crippen molar-refractivity contribution in [1.29, 1.82) is 0 Å². The normalized spacial score (nSPS) is 18.8. The molecule has 3 rings (SSSR count). The van der Waals surface area contributed by atoms with Crippen LogP contribution in [0.4, 0.5) is 4.79 Å². The number of carbonyl (C=O) groups excluding carboxylic acids is 3. The fraction of sp³-hybridized carbons (Fsp3) is 0.421. The number of fused-ring (bicyclic) bond motifs is 2. The highest BCUT2D eigenvalue weighted by Gasteiger charge is 2.46. The summed E-state index contributed by atoms with van der Waals surface area (Å²) in [7, 11) is 0. The van der Waals surface area contributed by atoms with Gasteiger partial charge in [0.2, 0.25) is 5.91 Å². The molecule has 154 valence electrons. The number of benzene rings is 1. The number of nitrogens with one attached hydrogen (secondary N) is 1. The van der Waals surface area contributed by atoms with Gasteiger partial charge in [0.15, 0.2) is 0 Å². The minimum Gasteiger partial charge on any atom is -0.481 e. The third-order valence-electron chi connectivity index (χ3n) is 5.12. The van der Waals surface area contributed by atoms with Crippen LogP contribution in [-0.2, 0) is 32.1 Å². The van der Waals surface area contributed by atoms with Crippen LogP contribution >= 0.6 is 0 Å². The minimum atomic E-state index is -1.34. The molecule has 2 unspecified atom stereocenters. The average molecular weight is 403 g/mol. The Balaban J connectivity index is 1.58. The Morgan fingerprint density at radius 2 is 1.79 bits per heavy atom. The second-order valence-corrected chi connectivity index (χ2v) is 7.03. The van der Waals surface area contributed by atoms with Gasteiger partial charge in [-0.2, -0.15) is 0 Å². The average Bonchev–Trinajstić information content (AvgIpc) is 2.91. The predicted molar refractivity (Wildman–Crippen MR) is 97.6 cm³/mol. The Morgan fingerprint density at radius 1 is 1.10 bits per heavy atom. The molecule has 0 saturated carbocycles. The standard InChI is InChI=1S/C19H21N3O7/c23-15(20-13(18(27)28)5-6-16(24)25)7-8-21-17(26)14-9-11-3-1-2-4-12(11)10-22(14)19(21)29/h1-4,13-14H,5-10H2,(H,20,23)(H,24,25)(H,27,28). The van der Waals surface area contributed by atoms with Crippen LogP contribution in [0.3, 0.4) is 0 Å². The lowest BCUT2D eigenvalue weighted by molar-refractivity contribution is -0.143. The van der Waals surface area contributed by atoms with Crippen molar-refractivity contribution in [2.45, 2.75) is 44.3 Å². The van der Waals surface area contributed by atoms with E-state index >= 15 is 0 Å². The smallest absolute Gasteiger partial charge is 0.327 e. The quantitative estimate of drug-likeness (QED) is 0.526. The van der Waals surface area contributed by atoms with Gasteiger partial charge >= 0.3 is 18.0 Å². The topological polar surface area (TPSA) is 144 Å².